The summed E-state index contributed by atoms with van der Waals surface area (Å²) < 4.78 is 0. The Morgan fingerprint density at radius 1 is 1.35 bits per heavy atom. The molecule has 0 aliphatic carbocycles. The number of primary amides is 1. The largest absolute Gasteiger partial charge is 0.399 e. The number of nitrogen functional groups attached to an aromatic ring is 1. The summed E-state index contributed by atoms with van der Waals surface area (Å²) in [5.41, 5.74) is 13.5. The summed E-state index contributed by atoms with van der Waals surface area (Å²) in [6, 6.07) is 6.31. The van der Waals surface area contributed by atoms with E-state index in [2.05, 4.69) is 16.7 Å². The van der Waals surface area contributed by atoms with E-state index < -0.39 is 0 Å². The van der Waals surface area contributed by atoms with Crippen LogP contribution in [0.25, 0.3) is 0 Å². The molecule has 3 rings (SSSR count). The second-order valence-electron chi connectivity index (χ2n) is 5.93. The highest BCUT2D eigenvalue weighted by Crippen LogP contribution is 2.31. The first kappa shape index (κ1) is 13.2. The molecule has 5 heteroatoms. The van der Waals surface area contributed by atoms with Gasteiger partial charge < -0.3 is 16.4 Å². The normalized spacial score (nSPS) is 26.6. The third-order valence-electron chi connectivity index (χ3n) is 4.53. The second kappa shape index (κ2) is 4.98. The minimum atomic E-state index is -0.388. The standard InChI is InChI=1S/C15H22N4O/c1-10-8-18-6-2-3-12(18)9-19(10)14-7-11(16)4-5-13(14)15(17)20/h4-5,7,10,12H,2-3,6,8-9,16H2,1H3,(H2,17,20). The molecule has 0 spiro atoms. The van der Waals surface area contributed by atoms with E-state index in [1.165, 1.54) is 19.4 Å². The fourth-order valence-corrected chi connectivity index (χ4v) is 3.52. The van der Waals surface area contributed by atoms with Gasteiger partial charge in [0.2, 0.25) is 0 Å². The van der Waals surface area contributed by atoms with E-state index in [0.29, 0.717) is 23.3 Å². The lowest BCUT2D eigenvalue weighted by molar-refractivity contribution is 0.1000. The van der Waals surface area contributed by atoms with Crippen LogP contribution in [0.3, 0.4) is 0 Å². The van der Waals surface area contributed by atoms with Crippen molar-refractivity contribution in [2.24, 2.45) is 5.73 Å². The fraction of sp³-hybridized carbons (Fsp3) is 0.533. The van der Waals surface area contributed by atoms with Crippen molar-refractivity contribution in [2.45, 2.75) is 31.8 Å². The Morgan fingerprint density at radius 2 is 2.15 bits per heavy atom. The molecular weight excluding hydrogens is 252 g/mol. The minimum absolute atomic E-state index is 0.365. The number of amides is 1. The van der Waals surface area contributed by atoms with Crippen molar-refractivity contribution in [1.82, 2.24) is 4.90 Å². The first-order chi connectivity index (χ1) is 9.56. The second-order valence-corrected chi connectivity index (χ2v) is 5.93. The predicted octanol–water partition coefficient (Wildman–Crippen LogP) is 1.04. The molecule has 2 saturated heterocycles. The van der Waals surface area contributed by atoms with Gasteiger partial charge in [-0.3, -0.25) is 9.69 Å². The van der Waals surface area contributed by atoms with Crippen molar-refractivity contribution in [3.05, 3.63) is 23.8 Å². The molecule has 1 aromatic carbocycles. The zero-order chi connectivity index (χ0) is 14.3. The molecule has 2 heterocycles. The number of nitrogens with zero attached hydrogens (tertiary/aromatic N) is 2. The van der Waals surface area contributed by atoms with Crippen molar-refractivity contribution < 1.29 is 4.79 Å². The van der Waals surface area contributed by atoms with Gasteiger partial charge in [0, 0.05) is 30.9 Å². The summed E-state index contributed by atoms with van der Waals surface area (Å²) >= 11 is 0. The molecule has 2 aliphatic heterocycles. The molecule has 108 valence electrons. The van der Waals surface area contributed by atoms with Crippen LogP contribution in [0.4, 0.5) is 11.4 Å². The Morgan fingerprint density at radius 3 is 2.90 bits per heavy atom. The van der Waals surface area contributed by atoms with Crippen LogP contribution in [0.15, 0.2) is 18.2 Å². The average Bonchev–Trinajstić information content (AvgIpc) is 2.84. The van der Waals surface area contributed by atoms with Gasteiger partial charge in [-0.2, -0.15) is 0 Å². The molecule has 2 atom stereocenters. The molecular formula is C15H22N4O. The summed E-state index contributed by atoms with van der Waals surface area (Å²) in [4.78, 5) is 16.5. The van der Waals surface area contributed by atoms with Crippen molar-refractivity contribution in [1.29, 1.82) is 0 Å². The lowest BCUT2D eigenvalue weighted by Crippen LogP contribution is -2.55. The van der Waals surface area contributed by atoms with Crippen molar-refractivity contribution >= 4 is 17.3 Å². The van der Waals surface area contributed by atoms with E-state index in [-0.39, 0.29) is 5.91 Å². The third kappa shape index (κ3) is 2.22. The van der Waals surface area contributed by atoms with Gasteiger partial charge in [0.25, 0.3) is 5.91 Å². The van der Waals surface area contributed by atoms with Gasteiger partial charge in [0.05, 0.1) is 11.3 Å². The molecule has 2 aliphatic rings. The summed E-state index contributed by atoms with van der Waals surface area (Å²) in [6.07, 6.45) is 2.50. The maximum absolute atomic E-state index is 11.7. The van der Waals surface area contributed by atoms with Crippen LogP contribution >= 0.6 is 0 Å². The highest BCUT2D eigenvalue weighted by atomic mass is 16.1. The lowest BCUT2D eigenvalue weighted by Gasteiger charge is -2.44. The Kier molecular flexibility index (Phi) is 3.30. The van der Waals surface area contributed by atoms with E-state index in [0.717, 1.165) is 18.8 Å². The highest BCUT2D eigenvalue weighted by Gasteiger charge is 2.35. The molecule has 4 N–H and O–H groups in total. The molecule has 2 unspecified atom stereocenters. The number of rotatable bonds is 2. The van der Waals surface area contributed by atoms with Crippen LogP contribution in [-0.2, 0) is 0 Å². The van der Waals surface area contributed by atoms with E-state index in [1.807, 2.05) is 6.07 Å². The van der Waals surface area contributed by atoms with Crippen LogP contribution in [0.5, 0.6) is 0 Å². The molecule has 0 saturated carbocycles. The maximum atomic E-state index is 11.7. The van der Waals surface area contributed by atoms with Crippen molar-refractivity contribution in [3.8, 4) is 0 Å². The molecule has 5 nitrogen and oxygen atoms in total. The molecule has 20 heavy (non-hydrogen) atoms. The molecule has 1 amide bonds. The van der Waals surface area contributed by atoms with E-state index in [4.69, 9.17) is 11.5 Å². The molecule has 0 radical (unpaired) electrons. The number of piperazine rings is 1. The van der Waals surface area contributed by atoms with Gasteiger partial charge in [-0.25, -0.2) is 0 Å². The first-order valence-corrected chi connectivity index (χ1v) is 7.26. The fourth-order valence-electron chi connectivity index (χ4n) is 3.52. The Labute approximate surface area is 119 Å². The molecule has 0 bridgehead atoms. The van der Waals surface area contributed by atoms with E-state index in [9.17, 15) is 4.79 Å². The van der Waals surface area contributed by atoms with Crippen LogP contribution < -0.4 is 16.4 Å². The topological polar surface area (TPSA) is 75.6 Å². The zero-order valence-electron chi connectivity index (χ0n) is 11.9. The molecule has 1 aromatic rings. The highest BCUT2D eigenvalue weighted by molar-refractivity contribution is 5.99. The van der Waals surface area contributed by atoms with Gasteiger partial charge in [0.15, 0.2) is 0 Å². The van der Waals surface area contributed by atoms with Crippen LogP contribution in [0.2, 0.25) is 0 Å². The smallest absolute Gasteiger partial charge is 0.250 e. The summed E-state index contributed by atoms with van der Waals surface area (Å²) in [5, 5.41) is 0. The summed E-state index contributed by atoms with van der Waals surface area (Å²) in [6.45, 7) is 5.38. The quantitative estimate of drug-likeness (QED) is 0.790. The summed E-state index contributed by atoms with van der Waals surface area (Å²) in [7, 11) is 0. The molecule has 2 fully saturated rings. The number of nitrogens with two attached hydrogens (primary N) is 2. The van der Waals surface area contributed by atoms with Crippen LogP contribution in [-0.4, -0.2) is 42.5 Å². The number of benzene rings is 1. The number of fused-ring (bicyclic) bond motifs is 1. The number of hydrogen-bond donors (Lipinski definition) is 2. The lowest BCUT2D eigenvalue weighted by atomic mass is 10.0. The Hall–Kier alpha value is -1.75. The van der Waals surface area contributed by atoms with Gasteiger partial charge in [-0.05, 0) is 44.5 Å². The van der Waals surface area contributed by atoms with Gasteiger partial charge in [0.1, 0.15) is 0 Å². The van der Waals surface area contributed by atoms with E-state index >= 15 is 0 Å². The SMILES string of the molecule is CC1CN2CCCC2CN1c1cc(N)ccc1C(N)=O. The number of anilines is 2. The predicted molar refractivity (Wildman–Crippen MR) is 80.8 cm³/mol. The van der Waals surface area contributed by atoms with Crippen LogP contribution in [0.1, 0.15) is 30.1 Å². The summed E-state index contributed by atoms with van der Waals surface area (Å²) in [5.74, 6) is -0.388. The Bertz CT molecular complexity index is 531. The van der Waals surface area contributed by atoms with Gasteiger partial charge in [-0.1, -0.05) is 0 Å². The number of hydrogen-bond acceptors (Lipinski definition) is 4. The van der Waals surface area contributed by atoms with Gasteiger partial charge in [-0.15, -0.1) is 0 Å². The van der Waals surface area contributed by atoms with Crippen molar-refractivity contribution in [3.63, 3.8) is 0 Å². The Balaban J connectivity index is 1.95. The van der Waals surface area contributed by atoms with Crippen molar-refractivity contribution in [2.75, 3.05) is 30.3 Å². The first-order valence-electron chi connectivity index (χ1n) is 7.26. The molecule has 0 aromatic heterocycles. The maximum Gasteiger partial charge on any atom is 0.250 e. The average molecular weight is 274 g/mol. The number of carbonyl (C=O) groups excluding carboxylic acids is 1. The van der Waals surface area contributed by atoms with Gasteiger partial charge >= 0.3 is 0 Å². The van der Waals surface area contributed by atoms with Crippen LogP contribution in [0, 0.1) is 0 Å². The number of carbonyl (C=O) groups is 1. The van der Waals surface area contributed by atoms with E-state index in [1.54, 1.807) is 12.1 Å². The monoisotopic (exact) mass is 274 g/mol. The minimum Gasteiger partial charge on any atom is -0.399 e. The zero-order valence-corrected chi connectivity index (χ0v) is 11.9. The third-order valence-corrected chi connectivity index (χ3v) is 4.53.